The second kappa shape index (κ2) is 4.08. The number of carbonyl (C=O) groups is 1. The monoisotopic (exact) mass is 221 g/mol. The number of aromatic nitrogens is 2. The molecule has 0 unspecified atom stereocenters. The average molecular weight is 221 g/mol. The summed E-state index contributed by atoms with van der Waals surface area (Å²) < 4.78 is 1.50. The first kappa shape index (κ1) is 10.9. The van der Waals surface area contributed by atoms with Gasteiger partial charge in [-0.1, -0.05) is 0 Å². The highest BCUT2D eigenvalue weighted by molar-refractivity contribution is 5.79. The van der Waals surface area contributed by atoms with Gasteiger partial charge in [0.05, 0.1) is 0 Å². The Bertz CT molecular complexity index is 467. The maximum Gasteiger partial charge on any atom is 0.293 e. The Balaban J connectivity index is 2.24. The van der Waals surface area contributed by atoms with E-state index in [9.17, 15) is 9.59 Å². The van der Waals surface area contributed by atoms with Gasteiger partial charge in [0.1, 0.15) is 5.78 Å². The Morgan fingerprint density at radius 2 is 2.31 bits per heavy atom. The molecule has 86 valence electrons. The largest absolute Gasteiger partial charge is 0.351 e. The molecule has 0 bridgehead atoms. The van der Waals surface area contributed by atoms with Gasteiger partial charge in [-0.15, -0.1) is 0 Å². The van der Waals surface area contributed by atoms with Crippen LogP contribution in [0.5, 0.6) is 0 Å². The Morgan fingerprint density at radius 3 is 2.94 bits per heavy atom. The first-order valence-electron chi connectivity index (χ1n) is 5.36. The summed E-state index contributed by atoms with van der Waals surface area (Å²) in [7, 11) is 1.70. The number of Topliss-reactive ketones (excluding diaryl/α,β-unsaturated/α-hetero) is 1. The van der Waals surface area contributed by atoms with E-state index in [4.69, 9.17) is 0 Å². The minimum absolute atomic E-state index is 0.0479. The molecule has 1 atom stereocenters. The zero-order valence-corrected chi connectivity index (χ0v) is 9.51. The zero-order chi connectivity index (χ0) is 11.7. The second-order valence-corrected chi connectivity index (χ2v) is 4.21. The molecule has 1 aliphatic heterocycles. The van der Waals surface area contributed by atoms with Crippen molar-refractivity contribution in [3.05, 3.63) is 22.7 Å². The number of anilines is 1. The van der Waals surface area contributed by atoms with Crippen LogP contribution < -0.4 is 10.5 Å². The number of rotatable bonds is 2. The number of nitrogens with zero attached hydrogens (tertiary/aromatic N) is 3. The molecule has 1 aromatic heterocycles. The molecule has 0 saturated carbocycles. The summed E-state index contributed by atoms with van der Waals surface area (Å²) >= 11 is 0. The van der Waals surface area contributed by atoms with Crippen molar-refractivity contribution in [3.63, 3.8) is 0 Å². The van der Waals surface area contributed by atoms with Crippen molar-refractivity contribution in [3.8, 4) is 0 Å². The van der Waals surface area contributed by atoms with Crippen LogP contribution in [0.3, 0.4) is 0 Å². The van der Waals surface area contributed by atoms with Gasteiger partial charge in [0.2, 0.25) is 0 Å². The summed E-state index contributed by atoms with van der Waals surface area (Å²) in [6.07, 6.45) is 4.05. The predicted octanol–water partition coefficient (Wildman–Crippen LogP) is 0.196. The van der Waals surface area contributed by atoms with E-state index in [-0.39, 0.29) is 17.3 Å². The molecule has 5 heteroatoms. The van der Waals surface area contributed by atoms with Crippen molar-refractivity contribution >= 4 is 11.6 Å². The van der Waals surface area contributed by atoms with Gasteiger partial charge in [-0.25, -0.2) is 4.98 Å². The van der Waals surface area contributed by atoms with E-state index in [1.54, 1.807) is 26.4 Å². The summed E-state index contributed by atoms with van der Waals surface area (Å²) in [6, 6.07) is 0. The molecule has 0 amide bonds. The number of hydrogen-bond donors (Lipinski definition) is 0. The molecule has 0 spiro atoms. The molecule has 0 aliphatic carbocycles. The van der Waals surface area contributed by atoms with Gasteiger partial charge < -0.3 is 9.47 Å². The van der Waals surface area contributed by atoms with E-state index in [0.29, 0.717) is 12.4 Å². The molecule has 1 saturated heterocycles. The zero-order valence-electron chi connectivity index (χ0n) is 9.51. The van der Waals surface area contributed by atoms with Crippen LogP contribution in [0.4, 0.5) is 5.82 Å². The number of carbonyl (C=O) groups excluding carboxylic acids is 1. The Labute approximate surface area is 93.7 Å². The summed E-state index contributed by atoms with van der Waals surface area (Å²) in [5.74, 6) is 0.690. The van der Waals surface area contributed by atoms with Crippen molar-refractivity contribution in [2.45, 2.75) is 13.3 Å². The highest BCUT2D eigenvalue weighted by atomic mass is 16.1. The maximum atomic E-state index is 11.8. The first-order valence-corrected chi connectivity index (χ1v) is 5.36. The molecule has 1 fully saturated rings. The molecule has 5 nitrogen and oxygen atoms in total. The summed E-state index contributed by atoms with van der Waals surface area (Å²) in [5.41, 5.74) is -0.105. The number of ketones is 1. The number of aryl methyl sites for hydroxylation is 1. The van der Waals surface area contributed by atoms with E-state index >= 15 is 0 Å². The fourth-order valence-corrected chi connectivity index (χ4v) is 1.99. The van der Waals surface area contributed by atoms with Gasteiger partial charge >= 0.3 is 0 Å². The summed E-state index contributed by atoms with van der Waals surface area (Å²) in [6.45, 7) is 2.95. The molecule has 0 N–H and O–H groups in total. The first-order chi connectivity index (χ1) is 7.59. The topological polar surface area (TPSA) is 55.2 Å². The third kappa shape index (κ3) is 1.85. The van der Waals surface area contributed by atoms with Crippen LogP contribution in [0.15, 0.2) is 17.2 Å². The van der Waals surface area contributed by atoms with E-state index in [1.165, 1.54) is 4.57 Å². The molecule has 0 aromatic carbocycles. The predicted molar refractivity (Wildman–Crippen MR) is 60.5 cm³/mol. The van der Waals surface area contributed by atoms with Crippen LogP contribution in [-0.4, -0.2) is 28.4 Å². The van der Waals surface area contributed by atoms with Gasteiger partial charge in [0.25, 0.3) is 5.56 Å². The Kier molecular flexibility index (Phi) is 2.77. The lowest BCUT2D eigenvalue weighted by atomic mass is 10.1. The third-order valence-electron chi connectivity index (χ3n) is 3.06. The van der Waals surface area contributed by atoms with E-state index in [0.717, 1.165) is 13.0 Å². The highest BCUT2D eigenvalue weighted by Gasteiger charge is 2.27. The highest BCUT2D eigenvalue weighted by Crippen LogP contribution is 2.19. The van der Waals surface area contributed by atoms with E-state index < -0.39 is 0 Å². The van der Waals surface area contributed by atoms with Crippen LogP contribution in [0.1, 0.15) is 13.3 Å². The lowest BCUT2D eigenvalue weighted by Crippen LogP contribution is -2.31. The van der Waals surface area contributed by atoms with Gasteiger partial charge in [-0.3, -0.25) is 9.59 Å². The van der Waals surface area contributed by atoms with Crippen molar-refractivity contribution in [1.29, 1.82) is 0 Å². The van der Waals surface area contributed by atoms with E-state index in [1.807, 2.05) is 4.90 Å². The standard InChI is InChI=1S/C11H15N3O2/c1-8(15)9-3-5-14(7-9)10-11(16)13(2)6-4-12-10/h4,6,9H,3,5,7H2,1-2H3/t9-/m0/s1. The normalized spacial score (nSPS) is 20.1. The fraction of sp³-hybridized carbons (Fsp3) is 0.545. The molecule has 0 radical (unpaired) electrons. The minimum Gasteiger partial charge on any atom is -0.351 e. The lowest BCUT2D eigenvalue weighted by Gasteiger charge is -2.16. The summed E-state index contributed by atoms with van der Waals surface area (Å²) in [4.78, 5) is 29.0. The van der Waals surface area contributed by atoms with Crippen molar-refractivity contribution in [2.75, 3.05) is 18.0 Å². The number of hydrogen-bond acceptors (Lipinski definition) is 4. The minimum atomic E-state index is -0.105. The lowest BCUT2D eigenvalue weighted by molar-refractivity contribution is -0.120. The molecular weight excluding hydrogens is 206 g/mol. The average Bonchev–Trinajstić information content (AvgIpc) is 2.71. The fourth-order valence-electron chi connectivity index (χ4n) is 1.99. The van der Waals surface area contributed by atoms with Crippen LogP contribution in [0, 0.1) is 5.92 Å². The molecule has 2 rings (SSSR count). The smallest absolute Gasteiger partial charge is 0.293 e. The molecule has 16 heavy (non-hydrogen) atoms. The van der Waals surface area contributed by atoms with Crippen molar-refractivity contribution < 1.29 is 4.79 Å². The van der Waals surface area contributed by atoms with Crippen LogP contribution in [0.25, 0.3) is 0 Å². The van der Waals surface area contributed by atoms with E-state index in [2.05, 4.69) is 4.98 Å². The second-order valence-electron chi connectivity index (χ2n) is 4.21. The van der Waals surface area contributed by atoms with Crippen molar-refractivity contribution in [2.24, 2.45) is 13.0 Å². The quantitative estimate of drug-likeness (QED) is 0.715. The third-order valence-corrected chi connectivity index (χ3v) is 3.06. The van der Waals surface area contributed by atoms with Gasteiger partial charge in [-0.05, 0) is 13.3 Å². The van der Waals surface area contributed by atoms with Crippen LogP contribution in [0.2, 0.25) is 0 Å². The van der Waals surface area contributed by atoms with Crippen molar-refractivity contribution in [1.82, 2.24) is 9.55 Å². The maximum absolute atomic E-state index is 11.8. The van der Waals surface area contributed by atoms with Crippen LogP contribution in [-0.2, 0) is 11.8 Å². The summed E-state index contributed by atoms with van der Waals surface area (Å²) in [5, 5.41) is 0. The van der Waals surface area contributed by atoms with Gasteiger partial charge in [-0.2, -0.15) is 0 Å². The molecule has 1 aromatic rings. The molecular formula is C11H15N3O2. The molecule has 2 heterocycles. The SMILES string of the molecule is CC(=O)[C@H]1CCN(c2nccn(C)c2=O)C1. The molecule has 1 aliphatic rings. The van der Waals surface area contributed by atoms with Gasteiger partial charge in [0, 0.05) is 38.4 Å². The Morgan fingerprint density at radius 1 is 1.56 bits per heavy atom. The Hall–Kier alpha value is -1.65. The van der Waals surface area contributed by atoms with Crippen LogP contribution >= 0.6 is 0 Å². The van der Waals surface area contributed by atoms with Gasteiger partial charge in [0.15, 0.2) is 5.82 Å².